The first kappa shape index (κ1) is 21.4. The minimum atomic E-state index is -0.153. The lowest BCUT2D eigenvalue weighted by Crippen LogP contribution is -2.41. The predicted octanol–water partition coefficient (Wildman–Crippen LogP) is 2.62. The lowest BCUT2D eigenvalue weighted by atomic mass is 10.1. The predicted molar refractivity (Wildman–Crippen MR) is 112 cm³/mol. The molecule has 2 N–H and O–H groups in total. The smallest absolute Gasteiger partial charge is 0.238 e. The maximum absolute atomic E-state index is 12.2. The van der Waals surface area contributed by atoms with Crippen molar-refractivity contribution in [1.82, 2.24) is 10.2 Å². The average molecular weight is 383 g/mol. The number of ether oxygens (including phenoxy) is 1. The van der Waals surface area contributed by atoms with Crippen molar-refractivity contribution < 1.29 is 14.3 Å². The summed E-state index contributed by atoms with van der Waals surface area (Å²) in [7, 11) is 1.60. The van der Waals surface area contributed by atoms with E-state index in [2.05, 4.69) is 29.7 Å². The summed E-state index contributed by atoms with van der Waals surface area (Å²) in [6, 6.07) is 15.3. The maximum Gasteiger partial charge on any atom is 0.238 e. The first-order valence-corrected chi connectivity index (χ1v) is 9.49. The Bertz CT molecular complexity index is 775. The largest absolute Gasteiger partial charge is 0.497 e. The molecule has 0 heterocycles. The molecule has 0 aliphatic rings. The molecule has 0 unspecified atom stereocenters. The Balaban J connectivity index is 1.74. The number of hydrogen-bond donors (Lipinski definition) is 2. The van der Waals surface area contributed by atoms with Gasteiger partial charge in [-0.1, -0.05) is 31.2 Å². The van der Waals surface area contributed by atoms with Crippen LogP contribution in [0.1, 0.15) is 18.1 Å². The van der Waals surface area contributed by atoms with Crippen molar-refractivity contribution in [2.75, 3.05) is 38.6 Å². The summed E-state index contributed by atoms with van der Waals surface area (Å²) in [5.74, 6) is 0.503. The number of nitrogens with one attached hydrogen (secondary N) is 2. The van der Waals surface area contributed by atoms with Gasteiger partial charge in [-0.05, 0) is 55.3 Å². The summed E-state index contributed by atoms with van der Waals surface area (Å²) < 4.78 is 5.10. The molecule has 2 aromatic carbocycles. The zero-order chi connectivity index (χ0) is 20.4. The monoisotopic (exact) mass is 383 g/mol. The van der Waals surface area contributed by atoms with Crippen molar-refractivity contribution in [3.63, 3.8) is 0 Å². The van der Waals surface area contributed by atoms with Crippen LogP contribution in [0.25, 0.3) is 0 Å². The number of carbonyl (C=O) groups excluding carboxylic acids is 2. The van der Waals surface area contributed by atoms with E-state index in [1.165, 1.54) is 11.1 Å². The van der Waals surface area contributed by atoms with Gasteiger partial charge in [0.05, 0.1) is 20.2 Å². The van der Waals surface area contributed by atoms with Gasteiger partial charge in [0.2, 0.25) is 11.8 Å². The summed E-state index contributed by atoms with van der Waals surface area (Å²) in [5, 5.41) is 5.77. The van der Waals surface area contributed by atoms with Gasteiger partial charge in [-0.25, -0.2) is 0 Å². The Hall–Kier alpha value is -2.86. The van der Waals surface area contributed by atoms with Crippen LogP contribution < -0.4 is 15.4 Å². The number of aryl methyl sites for hydroxylation is 1. The lowest BCUT2D eigenvalue weighted by Gasteiger charge is -2.19. The van der Waals surface area contributed by atoms with Gasteiger partial charge in [0.15, 0.2) is 0 Å². The summed E-state index contributed by atoms with van der Waals surface area (Å²) in [6.45, 7) is 5.55. The highest BCUT2D eigenvalue weighted by Crippen LogP contribution is 2.14. The van der Waals surface area contributed by atoms with Gasteiger partial charge in [0.25, 0.3) is 0 Å². The number of rotatable bonds is 10. The average Bonchev–Trinajstić information content (AvgIpc) is 2.69. The summed E-state index contributed by atoms with van der Waals surface area (Å²) in [6.07, 6.45) is 0.794. The van der Waals surface area contributed by atoms with Gasteiger partial charge >= 0.3 is 0 Å². The van der Waals surface area contributed by atoms with E-state index in [0.717, 1.165) is 12.2 Å². The van der Waals surface area contributed by atoms with Crippen molar-refractivity contribution in [3.05, 3.63) is 59.7 Å². The molecule has 150 valence electrons. The number of amides is 2. The van der Waals surface area contributed by atoms with E-state index in [1.54, 1.807) is 31.4 Å². The SMILES string of the molecule is CCN(CC(=O)NCCc1ccccc1C)CC(=O)Nc1ccc(OC)cc1. The normalized spacial score (nSPS) is 10.6. The Labute approximate surface area is 166 Å². The minimum Gasteiger partial charge on any atom is -0.497 e. The van der Waals surface area contributed by atoms with E-state index < -0.39 is 0 Å². The van der Waals surface area contributed by atoms with E-state index in [1.807, 2.05) is 24.0 Å². The number of nitrogens with zero attached hydrogens (tertiary/aromatic N) is 1. The Morgan fingerprint density at radius 2 is 1.68 bits per heavy atom. The van der Waals surface area contributed by atoms with Crippen LogP contribution in [0.15, 0.2) is 48.5 Å². The second-order valence-corrected chi connectivity index (χ2v) is 6.61. The summed E-state index contributed by atoms with van der Waals surface area (Å²) in [4.78, 5) is 26.2. The highest BCUT2D eigenvalue weighted by molar-refractivity contribution is 5.92. The topological polar surface area (TPSA) is 70.7 Å². The molecule has 0 aliphatic heterocycles. The first-order chi connectivity index (χ1) is 13.5. The molecular weight excluding hydrogens is 354 g/mol. The number of methoxy groups -OCH3 is 1. The number of benzene rings is 2. The van der Waals surface area contributed by atoms with E-state index in [4.69, 9.17) is 4.74 Å². The second-order valence-electron chi connectivity index (χ2n) is 6.61. The van der Waals surface area contributed by atoms with Crippen LogP contribution in [0.5, 0.6) is 5.75 Å². The molecular formula is C22H29N3O3. The van der Waals surface area contributed by atoms with E-state index in [0.29, 0.717) is 18.8 Å². The Morgan fingerprint density at radius 1 is 1.00 bits per heavy atom. The van der Waals surface area contributed by atoms with Crippen LogP contribution in [0.3, 0.4) is 0 Å². The Kier molecular flexibility index (Phi) is 8.49. The highest BCUT2D eigenvalue weighted by Gasteiger charge is 2.13. The third-order valence-corrected chi connectivity index (χ3v) is 4.53. The lowest BCUT2D eigenvalue weighted by molar-refractivity contribution is -0.123. The van der Waals surface area contributed by atoms with Crippen molar-refractivity contribution in [1.29, 1.82) is 0 Å². The van der Waals surface area contributed by atoms with E-state index in [-0.39, 0.29) is 24.9 Å². The molecule has 0 aromatic heterocycles. The van der Waals surface area contributed by atoms with Crippen LogP contribution in [0, 0.1) is 6.92 Å². The molecule has 0 aliphatic carbocycles. The zero-order valence-electron chi connectivity index (χ0n) is 16.8. The molecule has 0 fully saturated rings. The van der Waals surface area contributed by atoms with Crippen molar-refractivity contribution in [3.8, 4) is 5.75 Å². The third-order valence-electron chi connectivity index (χ3n) is 4.53. The van der Waals surface area contributed by atoms with Crippen LogP contribution in [0.4, 0.5) is 5.69 Å². The van der Waals surface area contributed by atoms with Gasteiger partial charge in [-0.3, -0.25) is 14.5 Å². The van der Waals surface area contributed by atoms with Crippen molar-refractivity contribution in [2.24, 2.45) is 0 Å². The molecule has 2 amide bonds. The summed E-state index contributed by atoms with van der Waals surface area (Å²) >= 11 is 0. The van der Waals surface area contributed by atoms with Gasteiger partial charge in [-0.2, -0.15) is 0 Å². The Morgan fingerprint density at radius 3 is 2.32 bits per heavy atom. The quantitative estimate of drug-likeness (QED) is 0.662. The molecule has 28 heavy (non-hydrogen) atoms. The molecule has 2 rings (SSSR count). The van der Waals surface area contributed by atoms with Gasteiger partial charge in [-0.15, -0.1) is 0 Å². The van der Waals surface area contributed by atoms with Crippen molar-refractivity contribution >= 4 is 17.5 Å². The van der Waals surface area contributed by atoms with Crippen molar-refractivity contribution in [2.45, 2.75) is 20.3 Å². The van der Waals surface area contributed by atoms with Gasteiger partial charge < -0.3 is 15.4 Å². The third kappa shape index (κ3) is 7.04. The molecule has 0 bridgehead atoms. The van der Waals surface area contributed by atoms with Gasteiger partial charge in [0.1, 0.15) is 5.75 Å². The van der Waals surface area contributed by atoms with E-state index >= 15 is 0 Å². The fourth-order valence-electron chi connectivity index (χ4n) is 2.84. The highest BCUT2D eigenvalue weighted by atomic mass is 16.5. The molecule has 0 spiro atoms. The van der Waals surface area contributed by atoms with E-state index in [9.17, 15) is 9.59 Å². The zero-order valence-corrected chi connectivity index (χ0v) is 16.8. The fraction of sp³-hybridized carbons (Fsp3) is 0.364. The van der Waals surface area contributed by atoms with Crippen LogP contribution >= 0.6 is 0 Å². The molecule has 0 atom stereocenters. The van der Waals surface area contributed by atoms with Crippen LogP contribution in [-0.4, -0.2) is 50.0 Å². The standard InChI is InChI=1S/C22H29N3O3/c1-4-25(16-22(27)24-19-9-11-20(28-3)12-10-19)15-21(26)23-14-13-18-8-6-5-7-17(18)2/h5-12H,4,13-16H2,1-3H3,(H,23,26)(H,24,27). The number of likely N-dealkylation sites (N-methyl/N-ethyl adjacent to an activating group) is 1. The fourth-order valence-corrected chi connectivity index (χ4v) is 2.84. The molecule has 0 radical (unpaired) electrons. The molecule has 0 saturated carbocycles. The van der Waals surface area contributed by atoms with Crippen LogP contribution in [0.2, 0.25) is 0 Å². The molecule has 0 saturated heterocycles. The summed E-state index contributed by atoms with van der Waals surface area (Å²) in [5.41, 5.74) is 3.15. The minimum absolute atomic E-state index is 0.0762. The first-order valence-electron chi connectivity index (χ1n) is 9.49. The van der Waals surface area contributed by atoms with Gasteiger partial charge in [0, 0.05) is 12.2 Å². The number of carbonyl (C=O) groups is 2. The number of hydrogen-bond acceptors (Lipinski definition) is 4. The maximum atomic E-state index is 12.2. The second kappa shape index (κ2) is 11.1. The molecule has 6 heteroatoms. The number of anilines is 1. The van der Waals surface area contributed by atoms with Crippen LogP contribution in [-0.2, 0) is 16.0 Å². The molecule has 6 nitrogen and oxygen atoms in total. The molecule has 2 aromatic rings.